The summed E-state index contributed by atoms with van der Waals surface area (Å²) in [5.41, 5.74) is 5.26. The molecule has 0 aromatic heterocycles. The van der Waals surface area contributed by atoms with E-state index in [1.54, 1.807) is 0 Å². The topological polar surface area (TPSA) is 0 Å². The van der Waals surface area contributed by atoms with Crippen LogP contribution < -0.4 is 0 Å². The third-order valence-corrected chi connectivity index (χ3v) is 3.62. The molecule has 0 fully saturated rings. The zero-order chi connectivity index (χ0) is 13.0. The highest BCUT2D eigenvalue weighted by molar-refractivity contribution is 5.76. The summed E-state index contributed by atoms with van der Waals surface area (Å²) in [5.74, 6) is 0.666. The summed E-state index contributed by atoms with van der Waals surface area (Å²) in [7, 11) is 0. The molecule has 0 heterocycles. The van der Waals surface area contributed by atoms with Gasteiger partial charge in [0.1, 0.15) is 0 Å². The van der Waals surface area contributed by atoms with Crippen LogP contribution in [-0.4, -0.2) is 0 Å². The summed E-state index contributed by atoms with van der Waals surface area (Å²) >= 11 is 0. The van der Waals surface area contributed by atoms with Gasteiger partial charge in [-0.2, -0.15) is 0 Å². The summed E-state index contributed by atoms with van der Waals surface area (Å²) in [4.78, 5) is 0. The first kappa shape index (κ1) is 12.9. The second-order valence-electron chi connectivity index (χ2n) is 5.17. The van der Waals surface area contributed by atoms with Crippen molar-refractivity contribution >= 4 is 5.57 Å². The largest absolute Gasteiger partial charge is 0.0955 e. The molecule has 0 saturated heterocycles. The number of rotatable bonds is 4. The summed E-state index contributed by atoms with van der Waals surface area (Å²) < 4.78 is 0. The first-order chi connectivity index (χ1) is 8.70. The predicted molar refractivity (Wildman–Crippen MR) is 80.6 cm³/mol. The van der Waals surface area contributed by atoms with Gasteiger partial charge in [0.2, 0.25) is 0 Å². The average Bonchev–Trinajstić information content (AvgIpc) is 2.40. The molecular weight excluding hydrogens is 216 g/mol. The van der Waals surface area contributed by atoms with Gasteiger partial charge >= 0.3 is 0 Å². The lowest BCUT2D eigenvalue weighted by Crippen LogP contribution is -1.94. The molecule has 0 unspecified atom stereocenters. The van der Waals surface area contributed by atoms with Crippen LogP contribution in [0.15, 0.2) is 54.6 Å². The van der Waals surface area contributed by atoms with E-state index in [0.717, 1.165) is 6.42 Å². The van der Waals surface area contributed by atoms with E-state index in [4.69, 9.17) is 0 Å². The highest BCUT2D eigenvalue weighted by Gasteiger charge is 2.06. The number of hydrogen-bond acceptors (Lipinski definition) is 0. The van der Waals surface area contributed by atoms with Crippen LogP contribution in [0.2, 0.25) is 0 Å². The minimum absolute atomic E-state index is 0.666. The standard InChI is InChI=1S/C18H22/c1-4-5-15(3)16-10-12-18(13-11-16)17-8-6-14(2)7-9-17/h6,8-13,15H,2,4-5,7H2,1,3H3/t15-/m1/s1. The quantitative estimate of drug-likeness (QED) is 0.650. The second-order valence-corrected chi connectivity index (χ2v) is 5.17. The maximum absolute atomic E-state index is 3.97. The molecule has 0 amide bonds. The normalized spacial score (nSPS) is 16.6. The first-order valence-corrected chi connectivity index (χ1v) is 6.87. The highest BCUT2D eigenvalue weighted by Crippen LogP contribution is 2.26. The molecule has 0 N–H and O–H groups in total. The van der Waals surface area contributed by atoms with Crippen LogP contribution in [0.4, 0.5) is 0 Å². The van der Waals surface area contributed by atoms with E-state index in [-0.39, 0.29) is 0 Å². The Balaban J connectivity index is 2.13. The van der Waals surface area contributed by atoms with E-state index in [1.165, 1.54) is 35.1 Å². The van der Waals surface area contributed by atoms with Gasteiger partial charge in [-0.25, -0.2) is 0 Å². The fraction of sp³-hybridized carbons (Fsp3) is 0.333. The zero-order valence-electron chi connectivity index (χ0n) is 11.4. The summed E-state index contributed by atoms with van der Waals surface area (Å²) in [5, 5.41) is 0. The Morgan fingerprint density at radius 2 is 1.89 bits per heavy atom. The predicted octanol–water partition coefficient (Wildman–Crippen LogP) is 5.49. The van der Waals surface area contributed by atoms with Crippen molar-refractivity contribution in [1.29, 1.82) is 0 Å². The van der Waals surface area contributed by atoms with E-state index < -0.39 is 0 Å². The van der Waals surface area contributed by atoms with Gasteiger partial charge in [-0.3, -0.25) is 0 Å². The molecule has 1 aliphatic carbocycles. The summed E-state index contributed by atoms with van der Waals surface area (Å²) in [6.45, 7) is 8.52. The molecule has 1 aromatic carbocycles. The van der Waals surface area contributed by atoms with Crippen molar-refractivity contribution in [3.8, 4) is 0 Å². The number of hydrogen-bond donors (Lipinski definition) is 0. The van der Waals surface area contributed by atoms with Crippen molar-refractivity contribution in [2.45, 2.75) is 39.0 Å². The molecule has 0 saturated carbocycles. The van der Waals surface area contributed by atoms with Crippen molar-refractivity contribution in [1.82, 2.24) is 0 Å². The van der Waals surface area contributed by atoms with Crippen LogP contribution in [0.5, 0.6) is 0 Å². The Labute approximate surface area is 111 Å². The molecule has 0 radical (unpaired) electrons. The Bertz CT molecular complexity index is 471. The zero-order valence-corrected chi connectivity index (χ0v) is 11.4. The first-order valence-electron chi connectivity index (χ1n) is 6.87. The van der Waals surface area contributed by atoms with Gasteiger partial charge in [-0.1, -0.05) is 74.9 Å². The van der Waals surface area contributed by atoms with Crippen molar-refractivity contribution < 1.29 is 0 Å². The van der Waals surface area contributed by atoms with Gasteiger partial charge in [-0.15, -0.1) is 0 Å². The van der Waals surface area contributed by atoms with E-state index >= 15 is 0 Å². The van der Waals surface area contributed by atoms with Gasteiger partial charge in [0.15, 0.2) is 0 Å². The molecule has 1 aliphatic rings. The van der Waals surface area contributed by atoms with Crippen LogP contribution in [0.1, 0.15) is 50.2 Å². The SMILES string of the molecule is C=C1C=CC(c2ccc([C@H](C)CCC)cc2)=CC1. The van der Waals surface area contributed by atoms with Crippen molar-refractivity contribution in [2.24, 2.45) is 0 Å². The smallest absolute Gasteiger partial charge is 0.00941 e. The maximum Gasteiger partial charge on any atom is -0.00941 e. The van der Waals surface area contributed by atoms with Gasteiger partial charge in [0.25, 0.3) is 0 Å². The molecule has 94 valence electrons. The Hall–Kier alpha value is -1.56. The molecule has 0 aliphatic heterocycles. The average molecular weight is 238 g/mol. The van der Waals surface area contributed by atoms with Crippen LogP contribution in [0.3, 0.4) is 0 Å². The van der Waals surface area contributed by atoms with Crippen molar-refractivity contribution in [3.63, 3.8) is 0 Å². The lowest BCUT2D eigenvalue weighted by atomic mass is 9.92. The third-order valence-electron chi connectivity index (χ3n) is 3.62. The Kier molecular flexibility index (Phi) is 4.19. The Morgan fingerprint density at radius 3 is 2.44 bits per heavy atom. The van der Waals surface area contributed by atoms with Crippen LogP contribution in [0, 0.1) is 0 Å². The number of allylic oxidation sites excluding steroid dienone is 5. The molecule has 18 heavy (non-hydrogen) atoms. The molecular formula is C18H22. The minimum Gasteiger partial charge on any atom is -0.0955 e. The van der Waals surface area contributed by atoms with Gasteiger partial charge in [-0.05, 0) is 35.5 Å². The molecule has 0 nitrogen and oxygen atoms in total. The molecule has 0 heteroatoms. The van der Waals surface area contributed by atoms with E-state index in [9.17, 15) is 0 Å². The van der Waals surface area contributed by atoms with Crippen molar-refractivity contribution in [3.05, 3.63) is 65.8 Å². The molecule has 0 spiro atoms. The van der Waals surface area contributed by atoms with Gasteiger partial charge in [0, 0.05) is 0 Å². The van der Waals surface area contributed by atoms with Crippen molar-refractivity contribution in [2.75, 3.05) is 0 Å². The fourth-order valence-corrected chi connectivity index (χ4v) is 2.40. The van der Waals surface area contributed by atoms with E-state index in [0.29, 0.717) is 5.92 Å². The lowest BCUT2D eigenvalue weighted by molar-refractivity contribution is 0.665. The monoisotopic (exact) mass is 238 g/mol. The maximum atomic E-state index is 3.97. The van der Waals surface area contributed by atoms with Gasteiger partial charge in [0.05, 0.1) is 0 Å². The number of benzene rings is 1. The molecule has 1 aromatic rings. The molecule has 1 atom stereocenters. The van der Waals surface area contributed by atoms with Crippen LogP contribution in [0.25, 0.3) is 5.57 Å². The van der Waals surface area contributed by atoms with E-state index in [1.807, 2.05) is 0 Å². The second kappa shape index (κ2) is 5.86. The molecule has 0 bridgehead atoms. The minimum atomic E-state index is 0.666. The lowest BCUT2D eigenvalue weighted by Gasteiger charge is -2.13. The molecule has 2 rings (SSSR count). The fourth-order valence-electron chi connectivity index (χ4n) is 2.40. The van der Waals surface area contributed by atoms with Gasteiger partial charge < -0.3 is 0 Å². The third kappa shape index (κ3) is 3.01. The van der Waals surface area contributed by atoms with Crippen LogP contribution >= 0.6 is 0 Å². The van der Waals surface area contributed by atoms with Crippen LogP contribution in [-0.2, 0) is 0 Å². The van der Waals surface area contributed by atoms with E-state index in [2.05, 4.69) is 62.9 Å². The highest BCUT2D eigenvalue weighted by atomic mass is 14.1. The summed E-state index contributed by atoms with van der Waals surface area (Å²) in [6.07, 6.45) is 10.0. The summed E-state index contributed by atoms with van der Waals surface area (Å²) in [6, 6.07) is 9.03. The Morgan fingerprint density at radius 1 is 1.17 bits per heavy atom.